The number of furan rings is 1. The molecular formula is C9H6N4OS. The van der Waals surface area contributed by atoms with E-state index in [9.17, 15) is 0 Å². The Morgan fingerprint density at radius 3 is 3.07 bits per heavy atom. The lowest BCUT2D eigenvalue weighted by molar-refractivity contribution is 0.617. The number of hydrogen-bond acceptors (Lipinski definition) is 6. The summed E-state index contributed by atoms with van der Waals surface area (Å²) in [6.45, 7) is 0. The number of nitrogens with zero attached hydrogens (tertiary/aromatic N) is 3. The number of benzene rings is 1. The molecule has 1 aromatic carbocycles. The van der Waals surface area contributed by atoms with Crippen LogP contribution in [0.25, 0.3) is 11.0 Å². The van der Waals surface area contributed by atoms with Crippen LogP contribution in [0, 0.1) is 0 Å². The zero-order chi connectivity index (χ0) is 10.1. The Balaban J connectivity index is 2.05. The van der Waals surface area contributed by atoms with Gasteiger partial charge in [-0.25, -0.2) is 0 Å². The molecule has 0 radical (unpaired) electrons. The van der Waals surface area contributed by atoms with E-state index in [-0.39, 0.29) is 0 Å². The van der Waals surface area contributed by atoms with Crippen LogP contribution in [0.5, 0.6) is 0 Å². The Kier molecular flexibility index (Phi) is 1.85. The van der Waals surface area contributed by atoms with E-state index in [1.807, 2.05) is 24.3 Å². The van der Waals surface area contributed by atoms with Crippen LogP contribution in [0.2, 0.25) is 0 Å². The van der Waals surface area contributed by atoms with Gasteiger partial charge in [-0.3, -0.25) is 0 Å². The van der Waals surface area contributed by atoms with Crippen molar-refractivity contribution in [1.82, 2.24) is 14.8 Å². The molecule has 0 saturated heterocycles. The van der Waals surface area contributed by atoms with Crippen LogP contribution in [0.15, 0.2) is 34.9 Å². The molecule has 3 aromatic rings. The van der Waals surface area contributed by atoms with Gasteiger partial charge >= 0.3 is 0 Å². The van der Waals surface area contributed by atoms with Crippen molar-refractivity contribution in [1.29, 1.82) is 0 Å². The van der Waals surface area contributed by atoms with Gasteiger partial charge in [0.25, 0.3) is 0 Å². The number of rotatable bonds is 2. The highest BCUT2D eigenvalue weighted by molar-refractivity contribution is 7.09. The van der Waals surface area contributed by atoms with Crippen LogP contribution >= 0.6 is 11.5 Å². The van der Waals surface area contributed by atoms with Gasteiger partial charge in [0.1, 0.15) is 11.8 Å². The summed E-state index contributed by atoms with van der Waals surface area (Å²) in [7, 11) is 0. The lowest BCUT2D eigenvalue weighted by Crippen LogP contribution is -1.87. The lowest BCUT2D eigenvalue weighted by Gasteiger charge is -1.95. The number of para-hydroxylation sites is 1. The minimum Gasteiger partial charge on any atom is -0.462 e. The maximum absolute atomic E-state index is 5.37. The predicted molar refractivity (Wildman–Crippen MR) is 57.2 cm³/mol. The lowest BCUT2D eigenvalue weighted by atomic mass is 10.2. The highest BCUT2D eigenvalue weighted by Gasteiger charge is 2.06. The summed E-state index contributed by atoms with van der Waals surface area (Å²) in [4.78, 5) is 0. The molecule has 0 bridgehead atoms. The molecule has 6 heteroatoms. The number of anilines is 2. The molecule has 1 N–H and O–H groups in total. The number of fused-ring (bicyclic) bond motifs is 1. The Labute approximate surface area is 88.9 Å². The van der Waals surface area contributed by atoms with Crippen molar-refractivity contribution in [2.45, 2.75) is 0 Å². The van der Waals surface area contributed by atoms with Gasteiger partial charge in [0, 0.05) is 16.9 Å². The van der Waals surface area contributed by atoms with Gasteiger partial charge in [0.2, 0.25) is 5.13 Å². The van der Waals surface area contributed by atoms with Crippen molar-refractivity contribution in [2.24, 2.45) is 0 Å². The molecule has 0 spiro atoms. The third-order valence-corrected chi connectivity index (χ3v) is 2.53. The molecule has 3 rings (SSSR count). The standard InChI is InChI=1S/C9H6N4OS/c1-2-4-8-6(3-1)7(5-14-8)10-9-11-12-13-15-9/h1-5H,(H,10,11,13). The van der Waals surface area contributed by atoms with Crippen LogP contribution in [0.4, 0.5) is 10.8 Å². The molecule has 0 amide bonds. The molecule has 0 saturated carbocycles. The first-order valence-corrected chi connectivity index (χ1v) is 5.09. The Bertz CT molecular complexity index is 575. The van der Waals surface area contributed by atoms with Crippen LogP contribution in [-0.4, -0.2) is 14.8 Å². The van der Waals surface area contributed by atoms with E-state index >= 15 is 0 Å². The monoisotopic (exact) mass is 218 g/mol. The van der Waals surface area contributed by atoms with E-state index in [1.54, 1.807) is 6.26 Å². The highest BCUT2D eigenvalue weighted by Crippen LogP contribution is 2.27. The van der Waals surface area contributed by atoms with E-state index in [4.69, 9.17) is 4.42 Å². The zero-order valence-corrected chi connectivity index (χ0v) is 8.36. The Hall–Kier alpha value is -1.95. The van der Waals surface area contributed by atoms with Crippen LogP contribution in [0.1, 0.15) is 0 Å². The van der Waals surface area contributed by atoms with Crippen LogP contribution in [0.3, 0.4) is 0 Å². The summed E-state index contributed by atoms with van der Waals surface area (Å²) >= 11 is 1.20. The Morgan fingerprint density at radius 1 is 1.27 bits per heavy atom. The molecule has 0 aliphatic rings. The van der Waals surface area contributed by atoms with Crippen molar-refractivity contribution in [2.75, 3.05) is 5.32 Å². The third-order valence-electron chi connectivity index (χ3n) is 2.02. The maximum atomic E-state index is 5.37. The second-order valence-electron chi connectivity index (χ2n) is 2.94. The molecule has 0 aliphatic heterocycles. The van der Waals surface area contributed by atoms with Crippen molar-refractivity contribution >= 4 is 33.3 Å². The van der Waals surface area contributed by atoms with Crippen molar-refractivity contribution in [3.05, 3.63) is 30.5 Å². The molecular weight excluding hydrogens is 212 g/mol. The van der Waals surface area contributed by atoms with Crippen molar-refractivity contribution in [3.8, 4) is 0 Å². The number of aromatic nitrogens is 3. The number of nitrogens with one attached hydrogen (secondary N) is 1. The van der Waals surface area contributed by atoms with Gasteiger partial charge in [-0.2, -0.15) is 0 Å². The summed E-state index contributed by atoms with van der Waals surface area (Å²) in [6, 6.07) is 7.79. The first-order valence-electron chi connectivity index (χ1n) is 4.32. The fourth-order valence-electron chi connectivity index (χ4n) is 1.37. The molecule has 74 valence electrons. The normalized spacial score (nSPS) is 10.7. The first kappa shape index (κ1) is 8.37. The van der Waals surface area contributed by atoms with E-state index in [1.165, 1.54) is 11.5 Å². The van der Waals surface area contributed by atoms with E-state index in [0.29, 0.717) is 5.13 Å². The second-order valence-corrected chi connectivity index (χ2v) is 3.67. The zero-order valence-electron chi connectivity index (χ0n) is 7.54. The third kappa shape index (κ3) is 1.44. The maximum Gasteiger partial charge on any atom is 0.229 e. The summed E-state index contributed by atoms with van der Waals surface area (Å²) in [5.74, 6) is 0. The van der Waals surface area contributed by atoms with Crippen LogP contribution < -0.4 is 5.32 Å². The van der Waals surface area contributed by atoms with E-state index in [0.717, 1.165) is 16.7 Å². The summed E-state index contributed by atoms with van der Waals surface area (Å²) in [5.41, 5.74) is 1.72. The topological polar surface area (TPSA) is 63.8 Å². The average Bonchev–Trinajstić information content (AvgIpc) is 2.89. The fraction of sp³-hybridized carbons (Fsp3) is 0. The quantitative estimate of drug-likeness (QED) is 0.715. The van der Waals surface area contributed by atoms with Crippen molar-refractivity contribution in [3.63, 3.8) is 0 Å². The van der Waals surface area contributed by atoms with Gasteiger partial charge in [-0.1, -0.05) is 21.7 Å². The average molecular weight is 218 g/mol. The molecule has 0 atom stereocenters. The molecule has 15 heavy (non-hydrogen) atoms. The fourth-order valence-corrected chi connectivity index (χ4v) is 1.75. The summed E-state index contributed by atoms with van der Waals surface area (Å²) in [6.07, 6.45) is 1.66. The van der Waals surface area contributed by atoms with Gasteiger partial charge < -0.3 is 9.73 Å². The smallest absolute Gasteiger partial charge is 0.229 e. The predicted octanol–water partition coefficient (Wildman–Crippen LogP) is 2.42. The van der Waals surface area contributed by atoms with E-state index < -0.39 is 0 Å². The minimum absolute atomic E-state index is 0.654. The molecule has 0 unspecified atom stereocenters. The molecule has 5 nitrogen and oxygen atoms in total. The molecule has 2 heterocycles. The SMILES string of the molecule is c1ccc2c(Nc3nnns3)coc2c1. The summed E-state index contributed by atoms with van der Waals surface area (Å²) < 4.78 is 9.04. The molecule has 2 aromatic heterocycles. The molecule has 0 aliphatic carbocycles. The van der Waals surface area contributed by atoms with Crippen molar-refractivity contribution < 1.29 is 4.42 Å². The van der Waals surface area contributed by atoms with Crippen LogP contribution in [-0.2, 0) is 0 Å². The largest absolute Gasteiger partial charge is 0.462 e. The summed E-state index contributed by atoms with van der Waals surface area (Å²) in [5, 5.41) is 12.1. The highest BCUT2D eigenvalue weighted by atomic mass is 32.1. The molecule has 0 fully saturated rings. The van der Waals surface area contributed by atoms with E-state index in [2.05, 4.69) is 20.1 Å². The second kappa shape index (κ2) is 3.32. The van der Waals surface area contributed by atoms with Gasteiger partial charge in [0.05, 0.1) is 5.69 Å². The Morgan fingerprint density at radius 2 is 2.20 bits per heavy atom. The first-order chi connectivity index (χ1) is 7.43. The van der Waals surface area contributed by atoms with Gasteiger partial charge in [-0.15, -0.1) is 0 Å². The van der Waals surface area contributed by atoms with Gasteiger partial charge in [0.15, 0.2) is 0 Å². The van der Waals surface area contributed by atoms with Gasteiger partial charge in [-0.05, 0) is 17.3 Å². The minimum atomic E-state index is 0.654. The number of hydrogen-bond donors (Lipinski definition) is 1.